The Hall–Kier alpha value is -1.86. The Kier molecular flexibility index (Phi) is 13.0. The molecule has 0 aliphatic carbocycles. The second-order valence-corrected chi connectivity index (χ2v) is 14.3. The van der Waals surface area contributed by atoms with Gasteiger partial charge in [0, 0.05) is 37.3 Å². The summed E-state index contributed by atoms with van der Waals surface area (Å²) in [6, 6.07) is 8.06. The average molecular weight is 576 g/mol. The van der Waals surface area contributed by atoms with E-state index < -0.39 is 0 Å². The molecular weight excluding hydrogens is 525 g/mol. The van der Waals surface area contributed by atoms with Crippen LogP contribution in [0.25, 0.3) is 5.32 Å². The topological polar surface area (TPSA) is 113 Å². The van der Waals surface area contributed by atoms with Gasteiger partial charge in [0.25, 0.3) is 0 Å². The van der Waals surface area contributed by atoms with Crippen LogP contribution >= 0.6 is 0 Å². The largest absolute Gasteiger partial charge is 2.00 e. The Labute approximate surface area is 250 Å². The molecule has 0 unspecified atom stereocenters. The Morgan fingerprint density at radius 2 is 1.08 bits per heavy atom. The maximum absolute atomic E-state index is 13.1. The van der Waals surface area contributed by atoms with Gasteiger partial charge in [-0.3, -0.25) is 0 Å². The Balaban J connectivity index is 0.00000722. The zero-order chi connectivity index (χ0) is 28.4. The van der Waals surface area contributed by atoms with Crippen LogP contribution in [0.5, 0.6) is 11.5 Å². The molecule has 0 aliphatic rings. The number of rotatable bonds is 8. The predicted molar refractivity (Wildman–Crippen MR) is 157 cm³/mol. The predicted octanol–water partition coefficient (Wildman–Crippen LogP) is 6.61. The molecule has 2 aromatic carbocycles. The van der Waals surface area contributed by atoms with Crippen molar-refractivity contribution in [1.29, 1.82) is 0 Å². The summed E-state index contributed by atoms with van der Waals surface area (Å²) in [7, 11) is 0. The van der Waals surface area contributed by atoms with Crippen molar-refractivity contribution in [3.8, 4) is 11.5 Å². The normalized spacial score (nSPS) is 12.4. The van der Waals surface area contributed by atoms with Gasteiger partial charge in [-0.05, 0) is 51.0 Å². The molecule has 7 heteroatoms. The van der Waals surface area contributed by atoms with Gasteiger partial charge >= 0.3 is 0 Å². The molecular formula is C32H50N3O3V-5. The van der Waals surface area contributed by atoms with Crippen molar-refractivity contribution in [2.45, 2.75) is 105 Å². The standard InChI is InChI=1S/C32H52N3O2.O.V/c1-29(2,3)21-17-23(31(7,8)9)27(36)25(19-21)34-15-13-33-14-16-35-26-20-22(30(4,5)6)18-24(28(26)37)32(10,11)12;;/h17-20,33-34,36-37H,13-16H2,1-12H3;;/q-1;-2;/p-2. The Morgan fingerprint density at radius 1 is 0.615 bits per heavy atom. The van der Waals surface area contributed by atoms with Gasteiger partial charge in [0.05, 0.1) is 0 Å². The van der Waals surface area contributed by atoms with E-state index in [2.05, 4.69) is 111 Å². The number of nitrogens with one attached hydrogen (secondary N) is 2. The number of hydrogen-bond donors (Lipinski definition) is 2. The first-order chi connectivity index (χ1) is 16.7. The third-order valence-corrected chi connectivity index (χ3v) is 6.69. The summed E-state index contributed by atoms with van der Waals surface area (Å²) in [5.41, 5.74) is 4.61. The number of hydrogen-bond acceptors (Lipinski definition) is 4. The first-order valence-corrected chi connectivity index (χ1v) is 13.6. The molecule has 0 spiro atoms. The van der Waals surface area contributed by atoms with Crippen molar-refractivity contribution in [3.63, 3.8) is 0 Å². The molecule has 221 valence electrons. The van der Waals surface area contributed by atoms with Crippen molar-refractivity contribution in [3.05, 3.63) is 51.8 Å². The van der Waals surface area contributed by atoms with Crippen LogP contribution in [-0.4, -0.2) is 26.2 Å². The average Bonchev–Trinajstić information content (AvgIpc) is 2.71. The van der Waals surface area contributed by atoms with E-state index in [4.69, 9.17) is 0 Å². The van der Waals surface area contributed by atoms with Crippen LogP contribution < -0.4 is 20.8 Å². The van der Waals surface area contributed by atoms with E-state index in [1.807, 2.05) is 12.1 Å². The zero-order valence-corrected chi connectivity index (χ0v) is 27.7. The van der Waals surface area contributed by atoms with E-state index >= 15 is 0 Å². The first-order valence-electron chi connectivity index (χ1n) is 13.6. The molecule has 0 saturated carbocycles. The SMILES string of the molecule is CC(C)(C)c1cc([N-]CCNCCNc2cc(C(C)(C)C)cc(C(C)(C)C)c2[O-])c([O-])c(C(C)(C)C)c1.[O-2].[V]. The molecule has 39 heavy (non-hydrogen) atoms. The molecule has 0 amide bonds. The van der Waals surface area contributed by atoms with Crippen molar-refractivity contribution in [2.24, 2.45) is 0 Å². The number of anilines is 1. The second kappa shape index (κ2) is 13.7. The third kappa shape index (κ3) is 10.2. The van der Waals surface area contributed by atoms with Gasteiger partial charge < -0.3 is 31.6 Å². The molecule has 0 heterocycles. The van der Waals surface area contributed by atoms with Crippen LogP contribution in [0.1, 0.15) is 105 Å². The minimum atomic E-state index is -0.232. The van der Waals surface area contributed by atoms with E-state index in [1.165, 1.54) is 0 Å². The van der Waals surface area contributed by atoms with Crippen molar-refractivity contribution < 1.29 is 34.2 Å². The Bertz CT molecular complexity index is 987. The summed E-state index contributed by atoms with van der Waals surface area (Å²) in [5, 5.41) is 37.6. The molecule has 6 nitrogen and oxygen atoms in total. The zero-order valence-electron chi connectivity index (χ0n) is 26.3. The maximum atomic E-state index is 13.1. The minimum absolute atomic E-state index is 0. The Morgan fingerprint density at radius 3 is 1.54 bits per heavy atom. The number of nitrogens with zero attached hydrogens (tertiary/aromatic N) is 1. The molecule has 0 bridgehead atoms. The molecule has 0 fully saturated rings. The number of benzene rings is 2. The molecule has 0 aliphatic heterocycles. The van der Waals surface area contributed by atoms with Gasteiger partial charge in [-0.1, -0.05) is 113 Å². The van der Waals surface area contributed by atoms with Gasteiger partial charge in [-0.25, -0.2) is 0 Å². The molecule has 1 radical (unpaired) electrons. The third-order valence-electron chi connectivity index (χ3n) is 6.69. The summed E-state index contributed by atoms with van der Waals surface area (Å²) < 4.78 is 0. The van der Waals surface area contributed by atoms with Crippen LogP contribution in [0.15, 0.2) is 24.3 Å². The summed E-state index contributed by atoms with van der Waals surface area (Å²) in [4.78, 5) is 0. The van der Waals surface area contributed by atoms with Gasteiger partial charge in [0.1, 0.15) is 0 Å². The molecule has 0 saturated heterocycles. The molecule has 2 rings (SSSR count). The van der Waals surface area contributed by atoms with Gasteiger partial charge in [-0.15, -0.1) is 18.0 Å². The monoisotopic (exact) mass is 575 g/mol. The van der Waals surface area contributed by atoms with Crippen molar-refractivity contribution in [1.82, 2.24) is 5.32 Å². The van der Waals surface area contributed by atoms with Crippen LogP contribution in [0.2, 0.25) is 0 Å². The van der Waals surface area contributed by atoms with E-state index in [9.17, 15) is 10.2 Å². The molecule has 0 aromatic heterocycles. The maximum Gasteiger partial charge on any atom is 0.0272 e. The van der Waals surface area contributed by atoms with Crippen molar-refractivity contribution in [2.75, 3.05) is 31.5 Å². The fourth-order valence-corrected chi connectivity index (χ4v) is 4.14. The van der Waals surface area contributed by atoms with Crippen LogP contribution in [0, 0.1) is 0 Å². The van der Waals surface area contributed by atoms with Crippen LogP contribution in [0.3, 0.4) is 0 Å². The summed E-state index contributed by atoms with van der Waals surface area (Å²) in [6.45, 7) is 28.0. The minimum Gasteiger partial charge on any atom is -2.00 e. The van der Waals surface area contributed by atoms with Crippen molar-refractivity contribution >= 4 is 11.4 Å². The summed E-state index contributed by atoms with van der Waals surface area (Å²) >= 11 is 0. The molecule has 2 aromatic rings. The van der Waals surface area contributed by atoms with E-state index in [0.29, 0.717) is 37.6 Å². The molecule has 2 N–H and O–H groups in total. The molecule has 0 atom stereocenters. The smallest absolute Gasteiger partial charge is 0.0272 e. The summed E-state index contributed by atoms with van der Waals surface area (Å²) in [6.07, 6.45) is 0. The quantitative estimate of drug-likeness (QED) is 0.345. The van der Waals surface area contributed by atoms with Gasteiger partial charge in [0.15, 0.2) is 0 Å². The van der Waals surface area contributed by atoms with Crippen LogP contribution in [0.4, 0.5) is 11.4 Å². The van der Waals surface area contributed by atoms with Gasteiger partial charge in [-0.2, -0.15) is 0 Å². The fourth-order valence-electron chi connectivity index (χ4n) is 4.14. The van der Waals surface area contributed by atoms with Crippen LogP contribution in [-0.2, 0) is 45.7 Å². The van der Waals surface area contributed by atoms with E-state index in [1.54, 1.807) is 0 Å². The summed E-state index contributed by atoms with van der Waals surface area (Å²) in [5.74, 6) is 0.102. The van der Waals surface area contributed by atoms with E-state index in [-0.39, 0.29) is 57.2 Å². The van der Waals surface area contributed by atoms with E-state index in [0.717, 1.165) is 22.3 Å². The first kappa shape index (κ1) is 37.1. The van der Waals surface area contributed by atoms with Gasteiger partial charge in [0.2, 0.25) is 0 Å². The fraction of sp³-hybridized carbons (Fsp3) is 0.625. The second-order valence-electron chi connectivity index (χ2n) is 14.3.